The van der Waals surface area contributed by atoms with Crippen LogP contribution in [0.4, 0.5) is 0 Å². The van der Waals surface area contributed by atoms with Crippen molar-refractivity contribution >= 4 is 8.25 Å². The number of methoxy groups -OCH3 is 2. The molecule has 6 heteroatoms. The molecule has 0 atom stereocenters. The van der Waals surface area contributed by atoms with Crippen LogP contribution in [0.25, 0.3) is 0 Å². The summed E-state index contributed by atoms with van der Waals surface area (Å²) in [5.74, 6) is 0. The smallest absolute Gasteiger partial charge is 0.354 e. The monoisotopic (exact) mass is 169 g/mol. The van der Waals surface area contributed by atoms with Crippen LogP contribution in [0, 0.1) is 0 Å². The Kier molecular flexibility index (Phi) is 7.01. The summed E-state index contributed by atoms with van der Waals surface area (Å²) >= 11 is 0. The van der Waals surface area contributed by atoms with Crippen LogP contribution < -0.4 is 0 Å². The van der Waals surface area contributed by atoms with E-state index in [1.54, 1.807) is 0 Å². The first kappa shape index (κ1) is 9.94. The highest BCUT2D eigenvalue weighted by molar-refractivity contribution is 7.33. The summed E-state index contributed by atoms with van der Waals surface area (Å²) in [7, 11) is 0.768. The minimum Gasteiger partial charge on any atom is -0.354 e. The van der Waals surface area contributed by atoms with E-state index in [1.165, 1.54) is 14.2 Å². The van der Waals surface area contributed by atoms with Crippen molar-refractivity contribution in [2.45, 2.75) is 0 Å². The van der Waals surface area contributed by atoms with E-state index in [0.29, 0.717) is 0 Å². The van der Waals surface area contributed by atoms with Gasteiger partial charge in [-0.2, -0.15) is 0 Å². The Bertz CT molecular complexity index is 85.6. The lowest BCUT2D eigenvalue weighted by molar-refractivity contribution is 0.0119. The molecule has 0 aromatic rings. The van der Waals surface area contributed by atoms with Gasteiger partial charge in [-0.3, -0.25) is 0 Å². The average molecular weight is 169 g/mol. The van der Waals surface area contributed by atoms with Gasteiger partial charge in [0.25, 0.3) is 0 Å². The van der Waals surface area contributed by atoms with Crippen LogP contribution in [0.15, 0.2) is 0 Å². The molecule has 0 spiro atoms. The lowest BCUT2D eigenvalue weighted by atomic mass is 11.4. The molecule has 0 bridgehead atoms. The maximum Gasteiger partial charge on any atom is 0.702 e. The third kappa shape index (κ3) is 6.07. The fourth-order valence-corrected chi connectivity index (χ4v) is 0.686. The predicted octanol–water partition coefficient (Wildman–Crippen LogP) is 0.885. The SMILES string of the molecule is COCO[P+](=O)OCOC. The van der Waals surface area contributed by atoms with Gasteiger partial charge in [-0.1, -0.05) is 9.05 Å². The Morgan fingerprint density at radius 3 is 1.80 bits per heavy atom. The number of rotatable bonds is 6. The lowest BCUT2D eigenvalue weighted by Gasteiger charge is -1.88. The minimum atomic E-state index is -2.09. The first-order chi connectivity index (χ1) is 4.81. The molecule has 10 heavy (non-hydrogen) atoms. The van der Waals surface area contributed by atoms with Crippen LogP contribution >= 0.6 is 8.25 Å². The van der Waals surface area contributed by atoms with Gasteiger partial charge >= 0.3 is 8.25 Å². The van der Waals surface area contributed by atoms with Crippen molar-refractivity contribution in [3.8, 4) is 0 Å². The molecule has 0 aromatic heterocycles. The summed E-state index contributed by atoms with van der Waals surface area (Å²) in [4.78, 5) is 0. The normalized spacial score (nSPS) is 9.80. The Morgan fingerprint density at radius 1 is 1.10 bits per heavy atom. The van der Waals surface area contributed by atoms with E-state index in [2.05, 4.69) is 18.5 Å². The van der Waals surface area contributed by atoms with Crippen molar-refractivity contribution in [3.63, 3.8) is 0 Å². The molecule has 0 heterocycles. The molecule has 60 valence electrons. The molecule has 0 aliphatic heterocycles. The van der Waals surface area contributed by atoms with Crippen LogP contribution in [-0.2, 0) is 23.1 Å². The summed E-state index contributed by atoms with van der Waals surface area (Å²) in [6, 6.07) is 0. The molecular weight excluding hydrogens is 159 g/mol. The number of ether oxygens (including phenoxy) is 2. The molecule has 0 saturated heterocycles. The Balaban J connectivity index is 3.09. The first-order valence-corrected chi connectivity index (χ1v) is 3.61. The highest BCUT2D eigenvalue weighted by Gasteiger charge is 2.18. The van der Waals surface area contributed by atoms with Crippen molar-refractivity contribution in [2.75, 3.05) is 27.8 Å². The molecule has 0 aromatic carbocycles. The summed E-state index contributed by atoms with van der Waals surface area (Å²) in [5, 5.41) is 0. The largest absolute Gasteiger partial charge is 0.702 e. The summed E-state index contributed by atoms with van der Waals surface area (Å²) in [5.41, 5.74) is 0. The Labute approximate surface area is 60.2 Å². The zero-order valence-electron chi connectivity index (χ0n) is 5.90. The first-order valence-electron chi connectivity index (χ1n) is 2.52. The zero-order chi connectivity index (χ0) is 7.82. The topological polar surface area (TPSA) is 54.0 Å². The maximum atomic E-state index is 10.5. The van der Waals surface area contributed by atoms with Gasteiger partial charge in [0.1, 0.15) is 0 Å². The second kappa shape index (κ2) is 7.05. The molecule has 0 amide bonds. The fraction of sp³-hybridized carbons (Fsp3) is 1.00. The van der Waals surface area contributed by atoms with Crippen molar-refractivity contribution < 1.29 is 23.1 Å². The van der Waals surface area contributed by atoms with Gasteiger partial charge in [0.15, 0.2) is 0 Å². The highest BCUT2D eigenvalue weighted by Crippen LogP contribution is 2.22. The number of hydrogen-bond donors (Lipinski definition) is 0. The van der Waals surface area contributed by atoms with Gasteiger partial charge in [-0.05, 0) is 0 Å². The molecule has 0 rings (SSSR count). The number of hydrogen-bond acceptors (Lipinski definition) is 5. The van der Waals surface area contributed by atoms with E-state index in [1.807, 2.05) is 0 Å². The van der Waals surface area contributed by atoms with Crippen molar-refractivity contribution in [3.05, 3.63) is 0 Å². The molecular formula is C4H10O5P+. The van der Waals surface area contributed by atoms with Gasteiger partial charge in [0, 0.05) is 18.8 Å². The maximum absolute atomic E-state index is 10.5. The molecule has 0 radical (unpaired) electrons. The fourth-order valence-electron chi connectivity index (χ4n) is 0.229. The predicted molar refractivity (Wildman–Crippen MR) is 33.5 cm³/mol. The Hall–Kier alpha value is -0.0600. The quantitative estimate of drug-likeness (QED) is 0.436. The third-order valence-electron chi connectivity index (χ3n) is 0.552. The second-order valence-corrected chi connectivity index (χ2v) is 2.26. The van der Waals surface area contributed by atoms with Crippen LogP contribution in [0.1, 0.15) is 0 Å². The van der Waals surface area contributed by atoms with E-state index < -0.39 is 8.25 Å². The Morgan fingerprint density at radius 2 is 1.50 bits per heavy atom. The summed E-state index contributed by atoms with van der Waals surface area (Å²) in [6.45, 7) is -0.0855. The van der Waals surface area contributed by atoms with Crippen LogP contribution in [-0.4, -0.2) is 27.8 Å². The van der Waals surface area contributed by atoms with Crippen LogP contribution in [0.3, 0.4) is 0 Å². The van der Waals surface area contributed by atoms with E-state index in [4.69, 9.17) is 0 Å². The van der Waals surface area contributed by atoms with Gasteiger partial charge in [0.05, 0.1) is 0 Å². The van der Waals surface area contributed by atoms with Gasteiger partial charge in [0.2, 0.25) is 13.6 Å². The van der Waals surface area contributed by atoms with E-state index in [0.717, 1.165) is 0 Å². The third-order valence-corrected chi connectivity index (χ3v) is 1.18. The van der Waals surface area contributed by atoms with Crippen molar-refractivity contribution in [1.29, 1.82) is 0 Å². The molecule has 5 nitrogen and oxygen atoms in total. The molecule has 0 unspecified atom stereocenters. The lowest BCUT2D eigenvalue weighted by Crippen LogP contribution is -1.93. The van der Waals surface area contributed by atoms with Crippen molar-refractivity contribution in [1.82, 2.24) is 0 Å². The van der Waals surface area contributed by atoms with Crippen LogP contribution in [0.2, 0.25) is 0 Å². The van der Waals surface area contributed by atoms with E-state index >= 15 is 0 Å². The van der Waals surface area contributed by atoms with Crippen LogP contribution in [0.5, 0.6) is 0 Å². The minimum absolute atomic E-state index is 0.0427. The summed E-state index contributed by atoms with van der Waals surface area (Å²) in [6.07, 6.45) is 0. The second-order valence-electron chi connectivity index (χ2n) is 1.29. The van der Waals surface area contributed by atoms with Crippen molar-refractivity contribution in [2.24, 2.45) is 0 Å². The molecule has 0 aliphatic rings. The molecule has 0 saturated carbocycles. The van der Waals surface area contributed by atoms with Gasteiger partial charge < -0.3 is 9.47 Å². The van der Waals surface area contributed by atoms with E-state index in [9.17, 15) is 4.57 Å². The van der Waals surface area contributed by atoms with Gasteiger partial charge in [-0.25, -0.2) is 0 Å². The molecule has 0 aliphatic carbocycles. The highest BCUT2D eigenvalue weighted by atomic mass is 31.1. The zero-order valence-corrected chi connectivity index (χ0v) is 6.80. The molecule has 0 N–H and O–H groups in total. The van der Waals surface area contributed by atoms with Gasteiger partial charge in [-0.15, -0.1) is 0 Å². The molecule has 0 fully saturated rings. The van der Waals surface area contributed by atoms with E-state index in [-0.39, 0.29) is 13.6 Å². The summed E-state index contributed by atoms with van der Waals surface area (Å²) < 4.78 is 28.4. The average Bonchev–Trinajstić information content (AvgIpc) is 1.97. The standard InChI is InChI=1S/C4H10O5P/c1-6-3-8-10(5)9-4-7-2/h3-4H2,1-2H3/q+1.